The Bertz CT molecular complexity index is 865. The van der Waals surface area contributed by atoms with Crippen molar-refractivity contribution in [3.8, 4) is 0 Å². The third-order valence-electron chi connectivity index (χ3n) is 5.78. The molecule has 2 aromatic rings. The lowest BCUT2D eigenvalue weighted by Gasteiger charge is -2.41. The Labute approximate surface area is 158 Å². The molecule has 1 aliphatic carbocycles. The Hall–Kier alpha value is -2.07. The number of alkyl halides is 3. The molecule has 1 aromatic carbocycles. The predicted molar refractivity (Wildman–Crippen MR) is 90.1 cm³/mol. The van der Waals surface area contributed by atoms with Crippen LogP contribution in [0.2, 0.25) is 0 Å². The molecule has 2 heterocycles. The Kier molecular flexibility index (Phi) is 4.86. The van der Waals surface area contributed by atoms with Crippen molar-refractivity contribution >= 4 is 0 Å². The van der Waals surface area contributed by atoms with Gasteiger partial charge in [-0.1, -0.05) is 0 Å². The van der Waals surface area contributed by atoms with E-state index in [1.165, 1.54) is 6.07 Å². The number of rotatable bonds is 2. The van der Waals surface area contributed by atoms with Gasteiger partial charge in [-0.2, -0.15) is 13.2 Å². The second-order valence-electron chi connectivity index (χ2n) is 7.46. The fourth-order valence-electron chi connectivity index (χ4n) is 4.40. The summed E-state index contributed by atoms with van der Waals surface area (Å²) in [5.74, 6) is -1.93. The molecule has 10 heteroatoms. The van der Waals surface area contributed by atoms with E-state index in [9.17, 15) is 22.0 Å². The third kappa shape index (κ3) is 3.50. The molecule has 5 nitrogen and oxygen atoms in total. The van der Waals surface area contributed by atoms with Crippen LogP contribution in [-0.4, -0.2) is 38.3 Å². The van der Waals surface area contributed by atoms with Gasteiger partial charge in [-0.3, -0.25) is 4.90 Å². The van der Waals surface area contributed by atoms with Gasteiger partial charge in [-0.15, -0.1) is 10.2 Å². The molecule has 28 heavy (non-hydrogen) atoms. The molecule has 3 atom stereocenters. The average molecular weight is 401 g/mol. The van der Waals surface area contributed by atoms with Crippen molar-refractivity contribution in [2.75, 3.05) is 6.54 Å². The highest BCUT2D eigenvalue weighted by molar-refractivity contribution is 5.25. The molecule has 1 saturated carbocycles. The van der Waals surface area contributed by atoms with E-state index in [0.717, 1.165) is 16.7 Å². The average Bonchev–Trinajstić information content (AvgIpc) is 3.07. The van der Waals surface area contributed by atoms with Crippen LogP contribution in [0.15, 0.2) is 18.2 Å². The Morgan fingerprint density at radius 1 is 1.07 bits per heavy atom. The number of halogens is 5. The van der Waals surface area contributed by atoms with Crippen molar-refractivity contribution in [3.05, 3.63) is 47.0 Å². The van der Waals surface area contributed by atoms with Crippen LogP contribution in [0.5, 0.6) is 0 Å². The molecular weight excluding hydrogens is 381 g/mol. The molecule has 0 bridgehead atoms. The Morgan fingerprint density at radius 2 is 1.86 bits per heavy atom. The molecule has 0 saturated heterocycles. The molecule has 4 rings (SSSR count). The highest BCUT2D eigenvalue weighted by Gasteiger charge is 2.41. The number of hydrogen-bond acceptors (Lipinski definition) is 4. The van der Waals surface area contributed by atoms with Gasteiger partial charge in [0, 0.05) is 31.1 Å². The van der Waals surface area contributed by atoms with Crippen molar-refractivity contribution in [1.82, 2.24) is 19.7 Å². The zero-order chi connectivity index (χ0) is 20.1. The summed E-state index contributed by atoms with van der Waals surface area (Å²) in [4.78, 5) is 2.06. The molecule has 2 aliphatic rings. The molecule has 1 aromatic heterocycles. The van der Waals surface area contributed by atoms with Crippen molar-refractivity contribution < 1.29 is 22.0 Å². The fraction of sp³-hybridized carbons (Fsp3) is 0.556. The lowest BCUT2D eigenvalue weighted by molar-refractivity contribution is -0.148. The molecule has 1 aliphatic heterocycles. The summed E-state index contributed by atoms with van der Waals surface area (Å²) < 4.78 is 67.6. The summed E-state index contributed by atoms with van der Waals surface area (Å²) in [6.45, 7) is 0.856. The van der Waals surface area contributed by atoms with Gasteiger partial charge in [0.25, 0.3) is 0 Å². The van der Waals surface area contributed by atoms with Crippen LogP contribution in [0, 0.1) is 11.6 Å². The third-order valence-corrected chi connectivity index (χ3v) is 5.78. The van der Waals surface area contributed by atoms with E-state index in [2.05, 4.69) is 15.1 Å². The predicted octanol–water partition coefficient (Wildman–Crippen LogP) is 3.05. The zero-order valence-corrected chi connectivity index (χ0v) is 15.0. The number of nitrogens with zero attached hydrogens (tertiary/aromatic N) is 4. The van der Waals surface area contributed by atoms with Crippen LogP contribution in [0.3, 0.4) is 0 Å². The van der Waals surface area contributed by atoms with Gasteiger partial charge in [0.15, 0.2) is 0 Å². The lowest BCUT2D eigenvalue weighted by Crippen LogP contribution is -2.48. The molecule has 1 fully saturated rings. The van der Waals surface area contributed by atoms with Crippen molar-refractivity contribution in [1.29, 1.82) is 0 Å². The molecule has 2 N–H and O–H groups in total. The van der Waals surface area contributed by atoms with Crippen LogP contribution >= 0.6 is 0 Å². The van der Waals surface area contributed by atoms with Gasteiger partial charge in [0.1, 0.15) is 17.5 Å². The first-order valence-electron chi connectivity index (χ1n) is 9.18. The Balaban J connectivity index is 1.45. The maximum Gasteiger partial charge on any atom is 0.451 e. The van der Waals surface area contributed by atoms with Crippen LogP contribution < -0.4 is 5.73 Å². The van der Waals surface area contributed by atoms with E-state index in [1.54, 1.807) is 0 Å². The van der Waals surface area contributed by atoms with E-state index < -0.39 is 23.6 Å². The maximum atomic E-state index is 14.1. The second kappa shape index (κ2) is 7.07. The van der Waals surface area contributed by atoms with Crippen LogP contribution in [0.1, 0.15) is 42.4 Å². The Morgan fingerprint density at radius 3 is 2.57 bits per heavy atom. The molecule has 0 radical (unpaired) electrons. The second-order valence-corrected chi connectivity index (χ2v) is 7.46. The van der Waals surface area contributed by atoms with E-state index >= 15 is 0 Å². The number of benzene rings is 1. The van der Waals surface area contributed by atoms with Gasteiger partial charge in [-0.05, 0) is 43.0 Å². The maximum absolute atomic E-state index is 14.1. The van der Waals surface area contributed by atoms with Crippen LogP contribution in [0.4, 0.5) is 22.0 Å². The van der Waals surface area contributed by atoms with Gasteiger partial charge < -0.3 is 10.3 Å². The van der Waals surface area contributed by atoms with E-state index in [4.69, 9.17) is 5.73 Å². The number of hydrogen-bond donors (Lipinski definition) is 1. The minimum Gasteiger partial charge on any atom is -0.327 e. The number of nitrogens with two attached hydrogens (primary N) is 1. The van der Waals surface area contributed by atoms with Crippen molar-refractivity contribution in [3.63, 3.8) is 0 Å². The fourth-order valence-corrected chi connectivity index (χ4v) is 4.40. The van der Waals surface area contributed by atoms with E-state index in [0.29, 0.717) is 31.4 Å². The summed E-state index contributed by atoms with van der Waals surface area (Å²) in [5, 5.41) is 6.99. The zero-order valence-electron chi connectivity index (χ0n) is 15.0. The highest BCUT2D eigenvalue weighted by Crippen LogP contribution is 2.37. The number of aromatic nitrogens is 3. The topological polar surface area (TPSA) is 60.0 Å². The summed E-state index contributed by atoms with van der Waals surface area (Å²) in [6, 6.07) is 3.08. The van der Waals surface area contributed by atoms with Gasteiger partial charge in [0.05, 0.1) is 6.54 Å². The monoisotopic (exact) mass is 401 g/mol. The molecular formula is C18H20F5N5. The first kappa shape index (κ1) is 19.3. The smallest absolute Gasteiger partial charge is 0.327 e. The van der Waals surface area contributed by atoms with Crippen molar-refractivity contribution in [2.24, 2.45) is 5.73 Å². The normalized spacial score (nSPS) is 26.3. The van der Waals surface area contributed by atoms with E-state index in [-0.39, 0.29) is 36.9 Å². The molecule has 152 valence electrons. The largest absolute Gasteiger partial charge is 0.451 e. The van der Waals surface area contributed by atoms with Crippen LogP contribution in [-0.2, 0) is 19.3 Å². The summed E-state index contributed by atoms with van der Waals surface area (Å²) in [6.07, 6.45) is -2.68. The van der Waals surface area contributed by atoms with Gasteiger partial charge in [0.2, 0.25) is 5.82 Å². The first-order valence-corrected chi connectivity index (χ1v) is 9.18. The van der Waals surface area contributed by atoms with Gasteiger partial charge in [-0.25, -0.2) is 8.78 Å². The standard InChI is InChI=1S/C18H20F5N5/c19-10-1-4-14(20)13(7-10)12-3-2-11(8-15(12)24)27-5-6-28-16(9-27)25-26-17(28)18(21,22)23/h1,4,7,11-12,15H,2-3,5-6,8-9,24H2/t11?,12-,15?/m1/s1. The van der Waals surface area contributed by atoms with E-state index in [1.807, 2.05) is 0 Å². The van der Waals surface area contributed by atoms with Gasteiger partial charge >= 0.3 is 6.18 Å². The van der Waals surface area contributed by atoms with Crippen molar-refractivity contribution in [2.45, 2.75) is 56.5 Å². The minimum atomic E-state index is -4.52. The molecule has 0 amide bonds. The van der Waals surface area contributed by atoms with Crippen LogP contribution in [0.25, 0.3) is 0 Å². The minimum absolute atomic E-state index is 0.0580. The quantitative estimate of drug-likeness (QED) is 0.786. The number of fused-ring (bicyclic) bond motifs is 1. The lowest BCUT2D eigenvalue weighted by atomic mass is 9.77. The summed E-state index contributed by atoms with van der Waals surface area (Å²) >= 11 is 0. The summed E-state index contributed by atoms with van der Waals surface area (Å²) in [5.41, 5.74) is 6.58. The molecule has 0 spiro atoms. The SMILES string of the molecule is NC1CC(N2CCn3c(nnc3C(F)(F)F)C2)CC[C@@H]1c1cc(F)ccc1F. The first-order chi connectivity index (χ1) is 13.2. The molecule has 2 unspecified atom stereocenters. The highest BCUT2D eigenvalue weighted by atomic mass is 19.4. The summed E-state index contributed by atoms with van der Waals surface area (Å²) in [7, 11) is 0.